The molecule has 1 unspecified atom stereocenters. The lowest BCUT2D eigenvalue weighted by molar-refractivity contribution is -0.133. The molecule has 2 fully saturated rings. The molecule has 1 amide bonds. The minimum Gasteiger partial charge on any atom is -0.340 e. The van der Waals surface area contributed by atoms with E-state index in [4.69, 9.17) is 0 Å². The predicted octanol–water partition coefficient (Wildman–Crippen LogP) is 2.32. The molecule has 0 saturated carbocycles. The van der Waals surface area contributed by atoms with Gasteiger partial charge in [0, 0.05) is 45.2 Å². The number of halogens is 2. The number of hydrogen-bond acceptors (Lipinski definition) is 3. The highest BCUT2D eigenvalue weighted by Crippen LogP contribution is 2.13. The van der Waals surface area contributed by atoms with Crippen molar-refractivity contribution in [2.75, 3.05) is 32.7 Å². The second-order valence-corrected chi connectivity index (χ2v) is 6.14. The van der Waals surface area contributed by atoms with E-state index in [1.54, 1.807) is 0 Å². The van der Waals surface area contributed by atoms with Gasteiger partial charge in [0.05, 0.1) is 0 Å². The van der Waals surface area contributed by atoms with Gasteiger partial charge in [0.2, 0.25) is 5.91 Å². The Balaban J connectivity index is 0.00000132. The van der Waals surface area contributed by atoms with E-state index >= 15 is 0 Å². The molecule has 130 valence electrons. The molecule has 2 aliphatic heterocycles. The third-order valence-corrected chi connectivity index (χ3v) is 4.56. The fraction of sp³-hybridized carbons (Fsp3) is 0.588. The van der Waals surface area contributed by atoms with Crippen LogP contribution in [0, 0.1) is 0 Å². The summed E-state index contributed by atoms with van der Waals surface area (Å²) >= 11 is 0. The summed E-state index contributed by atoms with van der Waals surface area (Å²) in [6, 6.07) is 11.0. The van der Waals surface area contributed by atoms with Crippen LogP contribution in [0.15, 0.2) is 30.3 Å². The van der Waals surface area contributed by atoms with E-state index in [1.807, 2.05) is 4.90 Å². The summed E-state index contributed by atoms with van der Waals surface area (Å²) in [5.74, 6) is 0.328. The zero-order chi connectivity index (χ0) is 14.5. The van der Waals surface area contributed by atoms with Crippen LogP contribution in [0.2, 0.25) is 0 Å². The van der Waals surface area contributed by atoms with E-state index in [0.717, 1.165) is 45.7 Å². The Kier molecular flexibility index (Phi) is 8.92. The zero-order valence-corrected chi connectivity index (χ0v) is 15.1. The van der Waals surface area contributed by atoms with Gasteiger partial charge in [0.1, 0.15) is 0 Å². The van der Waals surface area contributed by atoms with Crippen molar-refractivity contribution in [1.29, 1.82) is 0 Å². The van der Waals surface area contributed by atoms with Gasteiger partial charge in [0.15, 0.2) is 0 Å². The Morgan fingerprint density at radius 3 is 2.39 bits per heavy atom. The van der Waals surface area contributed by atoms with Gasteiger partial charge in [-0.25, -0.2) is 0 Å². The molecule has 1 N–H and O–H groups in total. The molecule has 4 nitrogen and oxygen atoms in total. The van der Waals surface area contributed by atoms with Crippen molar-refractivity contribution in [2.24, 2.45) is 0 Å². The highest BCUT2D eigenvalue weighted by atomic mass is 35.5. The first-order chi connectivity index (χ1) is 10.3. The lowest BCUT2D eigenvalue weighted by Crippen LogP contribution is -2.49. The average Bonchev–Trinajstić information content (AvgIpc) is 3.02. The second kappa shape index (κ2) is 10.1. The normalized spacial score (nSPS) is 21.4. The molecule has 3 rings (SSSR count). The third kappa shape index (κ3) is 5.96. The molecule has 1 aromatic carbocycles. The average molecular weight is 360 g/mol. The van der Waals surface area contributed by atoms with Gasteiger partial charge in [0.25, 0.3) is 0 Å². The van der Waals surface area contributed by atoms with E-state index < -0.39 is 0 Å². The monoisotopic (exact) mass is 359 g/mol. The van der Waals surface area contributed by atoms with Crippen molar-refractivity contribution in [2.45, 2.75) is 31.8 Å². The van der Waals surface area contributed by atoms with Gasteiger partial charge in [-0.1, -0.05) is 30.3 Å². The number of carbonyl (C=O) groups excluding carboxylic acids is 1. The number of benzene rings is 1. The van der Waals surface area contributed by atoms with Crippen molar-refractivity contribution in [3.63, 3.8) is 0 Å². The van der Waals surface area contributed by atoms with Gasteiger partial charge in [-0.3, -0.25) is 9.69 Å². The van der Waals surface area contributed by atoms with Gasteiger partial charge < -0.3 is 10.2 Å². The van der Waals surface area contributed by atoms with Crippen LogP contribution in [0.4, 0.5) is 0 Å². The molecule has 2 aliphatic rings. The molecule has 23 heavy (non-hydrogen) atoms. The van der Waals surface area contributed by atoms with Crippen LogP contribution in [0.3, 0.4) is 0 Å². The standard InChI is InChI=1S/C17H25N3O.2ClH/c21-17(13-16-7-4-8-18-16)20-11-9-19(10-12-20)14-15-5-2-1-3-6-15;;/h1-3,5-6,16,18H,4,7-14H2;2*1H. The lowest BCUT2D eigenvalue weighted by Gasteiger charge is -2.35. The first-order valence-corrected chi connectivity index (χ1v) is 8.09. The largest absolute Gasteiger partial charge is 0.340 e. The van der Waals surface area contributed by atoms with E-state index in [0.29, 0.717) is 18.4 Å². The molecule has 1 atom stereocenters. The quantitative estimate of drug-likeness (QED) is 0.895. The number of piperazine rings is 1. The number of rotatable bonds is 4. The Morgan fingerprint density at radius 2 is 1.78 bits per heavy atom. The smallest absolute Gasteiger partial charge is 0.224 e. The first kappa shape index (κ1) is 20.2. The molecular formula is C17H27Cl2N3O. The maximum Gasteiger partial charge on any atom is 0.224 e. The molecule has 2 saturated heterocycles. The molecule has 1 aromatic rings. The van der Waals surface area contributed by atoms with E-state index in [-0.39, 0.29) is 24.8 Å². The maximum absolute atomic E-state index is 12.3. The zero-order valence-electron chi connectivity index (χ0n) is 13.4. The van der Waals surface area contributed by atoms with Gasteiger partial charge in [-0.2, -0.15) is 0 Å². The van der Waals surface area contributed by atoms with Gasteiger partial charge >= 0.3 is 0 Å². The summed E-state index contributed by atoms with van der Waals surface area (Å²) in [5.41, 5.74) is 1.35. The third-order valence-electron chi connectivity index (χ3n) is 4.56. The topological polar surface area (TPSA) is 35.6 Å². The molecular weight excluding hydrogens is 333 g/mol. The first-order valence-electron chi connectivity index (χ1n) is 8.09. The molecule has 0 aliphatic carbocycles. The highest BCUT2D eigenvalue weighted by molar-refractivity contribution is 5.85. The predicted molar refractivity (Wildman–Crippen MR) is 98.4 cm³/mol. The number of hydrogen-bond donors (Lipinski definition) is 1. The lowest BCUT2D eigenvalue weighted by atomic mass is 10.1. The van der Waals surface area contributed by atoms with Crippen LogP contribution >= 0.6 is 24.8 Å². The van der Waals surface area contributed by atoms with Crippen LogP contribution in [-0.4, -0.2) is 54.5 Å². The Morgan fingerprint density at radius 1 is 1.09 bits per heavy atom. The van der Waals surface area contributed by atoms with Crippen molar-refractivity contribution in [1.82, 2.24) is 15.1 Å². The fourth-order valence-electron chi connectivity index (χ4n) is 3.27. The van der Waals surface area contributed by atoms with Crippen molar-refractivity contribution >= 4 is 30.7 Å². The SMILES string of the molecule is Cl.Cl.O=C(CC1CCCN1)N1CCN(Cc2ccccc2)CC1. The fourth-order valence-corrected chi connectivity index (χ4v) is 3.27. The number of amides is 1. The Hall–Kier alpha value is -0.810. The molecule has 0 aromatic heterocycles. The summed E-state index contributed by atoms with van der Waals surface area (Å²) in [4.78, 5) is 16.8. The molecule has 2 heterocycles. The van der Waals surface area contributed by atoms with Crippen LogP contribution in [0.25, 0.3) is 0 Å². The summed E-state index contributed by atoms with van der Waals surface area (Å²) < 4.78 is 0. The summed E-state index contributed by atoms with van der Waals surface area (Å²) in [7, 11) is 0. The summed E-state index contributed by atoms with van der Waals surface area (Å²) in [5, 5.41) is 3.41. The maximum atomic E-state index is 12.3. The Labute approximate surface area is 151 Å². The molecule has 0 spiro atoms. The van der Waals surface area contributed by atoms with E-state index in [9.17, 15) is 4.79 Å². The number of nitrogens with one attached hydrogen (secondary N) is 1. The molecule has 6 heteroatoms. The number of nitrogens with zero attached hydrogens (tertiary/aromatic N) is 2. The van der Waals surface area contributed by atoms with Crippen LogP contribution in [0.1, 0.15) is 24.8 Å². The summed E-state index contributed by atoms with van der Waals surface area (Å²) in [6.45, 7) is 5.78. The minimum atomic E-state index is 0. The van der Waals surface area contributed by atoms with Crippen molar-refractivity contribution in [3.8, 4) is 0 Å². The van der Waals surface area contributed by atoms with Crippen LogP contribution in [0.5, 0.6) is 0 Å². The van der Waals surface area contributed by atoms with Crippen LogP contribution < -0.4 is 5.32 Å². The Bertz CT molecular complexity index is 458. The minimum absolute atomic E-state index is 0. The van der Waals surface area contributed by atoms with E-state index in [2.05, 4.69) is 40.5 Å². The second-order valence-electron chi connectivity index (χ2n) is 6.14. The van der Waals surface area contributed by atoms with Gasteiger partial charge in [-0.15, -0.1) is 24.8 Å². The van der Waals surface area contributed by atoms with Crippen molar-refractivity contribution in [3.05, 3.63) is 35.9 Å². The molecule has 0 bridgehead atoms. The van der Waals surface area contributed by atoms with Gasteiger partial charge in [-0.05, 0) is 24.9 Å². The molecule has 0 radical (unpaired) electrons. The summed E-state index contributed by atoms with van der Waals surface area (Å²) in [6.07, 6.45) is 3.04. The van der Waals surface area contributed by atoms with Crippen molar-refractivity contribution < 1.29 is 4.79 Å². The van der Waals surface area contributed by atoms with Crippen LogP contribution in [-0.2, 0) is 11.3 Å². The highest BCUT2D eigenvalue weighted by Gasteiger charge is 2.24. The number of carbonyl (C=O) groups is 1. The van der Waals surface area contributed by atoms with E-state index in [1.165, 1.54) is 12.0 Å².